The number of ether oxygens (including phenoxy) is 1. The quantitative estimate of drug-likeness (QED) is 0.906. The molecule has 2 N–H and O–H groups in total. The Morgan fingerprint density at radius 3 is 2.58 bits per heavy atom. The molecule has 1 aromatic carbocycles. The van der Waals surface area contributed by atoms with Gasteiger partial charge in [-0.05, 0) is 22.6 Å². The fraction of sp³-hybridized carbons (Fsp3) is 0.333. The lowest BCUT2D eigenvalue weighted by atomic mass is 10.0. The van der Waals surface area contributed by atoms with Crippen molar-refractivity contribution in [1.29, 1.82) is 0 Å². The highest BCUT2D eigenvalue weighted by Gasteiger charge is 2.34. The SMILES string of the molecule is OC[C@H]1O[C@@H](c2ccc(-c3cccs3)cc2)C[C@@H]1O. The van der Waals surface area contributed by atoms with E-state index in [0.717, 1.165) is 5.56 Å². The van der Waals surface area contributed by atoms with Gasteiger partial charge in [0, 0.05) is 11.3 Å². The molecule has 2 heterocycles. The molecular weight excluding hydrogens is 260 g/mol. The van der Waals surface area contributed by atoms with Gasteiger partial charge in [-0.2, -0.15) is 0 Å². The Bertz CT molecular complexity index is 521. The maximum atomic E-state index is 9.74. The standard InChI is InChI=1S/C15H16O3S/c16-9-14-12(17)8-13(18-14)10-3-5-11(6-4-10)15-2-1-7-19-15/h1-7,12-14,16-17H,8-9H2/t12-,13+,14+/m0/s1. The maximum absolute atomic E-state index is 9.74. The number of rotatable bonds is 3. The van der Waals surface area contributed by atoms with Crippen LogP contribution in [0.2, 0.25) is 0 Å². The third-order valence-corrected chi connectivity index (χ3v) is 4.41. The minimum Gasteiger partial charge on any atom is -0.394 e. The Kier molecular flexibility index (Phi) is 3.66. The first-order valence-corrected chi connectivity index (χ1v) is 7.24. The van der Waals surface area contributed by atoms with Crippen molar-refractivity contribution in [2.24, 2.45) is 0 Å². The number of aliphatic hydroxyl groups excluding tert-OH is 2. The first kappa shape index (κ1) is 12.8. The topological polar surface area (TPSA) is 49.7 Å². The average Bonchev–Trinajstić information content (AvgIpc) is 3.08. The van der Waals surface area contributed by atoms with Gasteiger partial charge < -0.3 is 14.9 Å². The highest BCUT2D eigenvalue weighted by molar-refractivity contribution is 7.13. The van der Waals surface area contributed by atoms with E-state index in [2.05, 4.69) is 23.6 Å². The van der Waals surface area contributed by atoms with Gasteiger partial charge in [0.1, 0.15) is 6.10 Å². The molecule has 0 aliphatic carbocycles. The summed E-state index contributed by atoms with van der Waals surface area (Å²) < 4.78 is 5.64. The Balaban J connectivity index is 1.77. The van der Waals surface area contributed by atoms with E-state index in [4.69, 9.17) is 9.84 Å². The minimum atomic E-state index is -0.577. The minimum absolute atomic E-state index is 0.121. The molecule has 1 aliphatic rings. The molecular formula is C15H16O3S. The number of hydrogen-bond acceptors (Lipinski definition) is 4. The molecule has 19 heavy (non-hydrogen) atoms. The largest absolute Gasteiger partial charge is 0.394 e. The summed E-state index contributed by atoms with van der Waals surface area (Å²) in [5, 5.41) is 20.9. The zero-order valence-electron chi connectivity index (χ0n) is 10.4. The molecule has 1 saturated heterocycles. The molecule has 0 radical (unpaired) electrons. The van der Waals surface area contributed by atoms with Crippen molar-refractivity contribution in [3.63, 3.8) is 0 Å². The summed E-state index contributed by atoms with van der Waals surface area (Å²) in [6.07, 6.45) is -0.609. The molecule has 1 fully saturated rings. The van der Waals surface area contributed by atoms with E-state index in [9.17, 15) is 5.11 Å². The third-order valence-electron chi connectivity index (χ3n) is 3.49. The highest BCUT2D eigenvalue weighted by Crippen LogP contribution is 2.34. The molecule has 1 aromatic heterocycles. The number of hydrogen-bond donors (Lipinski definition) is 2. The van der Waals surface area contributed by atoms with Crippen molar-refractivity contribution in [1.82, 2.24) is 0 Å². The van der Waals surface area contributed by atoms with E-state index in [1.54, 1.807) is 11.3 Å². The Hall–Kier alpha value is -1.20. The zero-order chi connectivity index (χ0) is 13.2. The zero-order valence-corrected chi connectivity index (χ0v) is 11.2. The van der Waals surface area contributed by atoms with E-state index >= 15 is 0 Å². The van der Waals surface area contributed by atoms with Crippen molar-refractivity contribution in [3.8, 4) is 10.4 Å². The van der Waals surface area contributed by atoms with Crippen LogP contribution in [0.4, 0.5) is 0 Å². The van der Waals surface area contributed by atoms with Crippen LogP contribution in [0.3, 0.4) is 0 Å². The van der Waals surface area contributed by atoms with Gasteiger partial charge in [-0.3, -0.25) is 0 Å². The number of aliphatic hydroxyl groups is 2. The van der Waals surface area contributed by atoms with E-state index in [-0.39, 0.29) is 12.7 Å². The van der Waals surface area contributed by atoms with Gasteiger partial charge in [-0.15, -0.1) is 11.3 Å². The molecule has 0 amide bonds. The van der Waals surface area contributed by atoms with E-state index < -0.39 is 12.2 Å². The van der Waals surface area contributed by atoms with Crippen molar-refractivity contribution in [2.45, 2.75) is 24.7 Å². The maximum Gasteiger partial charge on any atom is 0.107 e. The smallest absolute Gasteiger partial charge is 0.107 e. The molecule has 2 aromatic rings. The van der Waals surface area contributed by atoms with E-state index in [1.165, 1.54) is 10.4 Å². The number of thiophene rings is 1. The van der Waals surface area contributed by atoms with Crippen molar-refractivity contribution < 1.29 is 14.9 Å². The van der Waals surface area contributed by atoms with Crippen molar-refractivity contribution in [3.05, 3.63) is 47.3 Å². The van der Waals surface area contributed by atoms with Crippen molar-refractivity contribution >= 4 is 11.3 Å². The summed E-state index contributed by atoms with van der Waals surface area (Å²) >= 11 is 1.71. The van der Waals surface area contributed by atoms with Crippen LogP contribution in [0, 0.1) is 0 Å². The summed E-state index contributed by atoms with van der Waals surface area (Å²) in [6.45, 7) is -0.134. The lowest BCUT2D eigenvalue weighted by Crippen LogP contribution is -2.24. The summed E-state index contributed by atoms with van der Waals surface area (Å²) in [6, 6.07) is 12.3. The summed E-state index contributed by atoms with van der Waals surface area (Å²) in [7, 11) is 0. The van der Waals surface area contributed by atoms with Gasteiger partial charge in [-0.25, -0.2) is 0 Å². The highest BCUT2D eigenvalue weighted by atomic mass is 32.1. The first-order valence-electron chi connectivity index (χ1n) is 6.36. The molecule has 1 aliphatic heterocycles. The van der Waals surface area contributed by atoms with Gasteiger partial charge in [0.15, 0.2) is 0 Å². The lowest BCUT2D eigenvalue weighted by molar-refractivity contribution is -0.0225. The van der Waals surface area contributed by atoms with Crippen molar-refractivity contribution in [2.75, 3.05) is 6.61 Å². The average molecular weight is 276 g/mol. The van der Waals surface area contributed by atoms with Gasteiger partial charge >= 0.3 is 0 Å². The molecule has 0 spiro atoms. The van der Waals surface area contributed by atoms with Crippen LogP contribution in [-0.2, 0) is 4.74 Å². The molecule has 3 nitrogen and oxygen atoms in total. The van der Waals surface area contributed by atoms with Gasteiger partial charge in [-0.1, -0.05) is 30.3 Å². The number of benzene rings is 1. The van der Waals surface area contributed by atoms with Crippen LogP contribution in [0.5, 0.6) is 0 Å². The Labute approximate surface area is 116 Å². The molecule has 0 unspecified atom stereocenters. The molecule has 3 atom stereocenters. The fourth-order valence-electron chi connectivity index (χ4n) is 2.41. The van der Waals surface area contributed by atoms with Crippen LogP contribution in [0.25, 0.3) is 10.4 Å². The van der Waals surface area contributed by atoms with E-state index in [1.807, 2.05) is 18.2 Å². The molecule has 3 rings (SSSR count). The fourth-order valence-corrected chi connectivity index (χ4v) is 3.15. The second kappa shape index (κ2) is 5.43. The lowest BCUT2D eigenvalue weighted by Gasteiger charge is -2.12. The van der Waals surface area contributed by atoms with Gasteiger partial charge in [0.2, 0.25) is 0 Å². The van der Waals surface area contributed by atoms with Crippen LogP contribution < -0.4 is 0 Å². The van der Waals surface area contributed by atoms with Gasteiger partial charge in [0.05, 0.1) is 18.8 Å². The van der Waals surface area contributed by atoms with Gasteiger partial charge in [0.25, 0.3) is 0 Å². The second-order valence-corrected chi connectivity index (χ2v) is 5.70. The Morgan fingerprint density at radius 2 is 2.00 bits per heavy atom. The van der Waals surface area contributed by atoms with Crippen LogP contribution in [0.15, 0.2) is 41.8 Å². The predicted molar refractivity (Wildman–Crippen MR) is 75.1 cm³/mol. The van der Waals surface area contributed by atoms with E-state index in [0.29, 0.717) is 6.42 Å². The molecule has 4 heteroatoms. The molecule has 0 bridgehead atoms. The molecule has 0 saturated carbocycles. The summed E-state index contributed by atoms with van der Waals surface area (Å²) in [4.78, 5) is 1.24. The van der Waals surface area contributed by atoms with Crippen LogP contribution in [-0.4, -0.2) is 29.0 Å². The normalized spacial score (nSPS) is 26.7. The monoisotopic (exact) mass is 276 g/mol. The third kappa shape index (κ3) is 2.58. The van der Waals surface area contributed by atoms with Crippen LogP contribution in [0.1, 0.15) is 18.1 Å². The first-order chi connectivity index (χ1) is 9.28. The van der Waals surface area contributed by atoms with Crippen LogP contribution >= 0.6 is 11.3 Å². The summed E-state index contributed by atoms with van der Waals surface area (Å²) in [5.41, 5.74) is 2.24. The predicted octanol–water partition coefficient (Wildman–Crippen LogP) is 2.60. The molecule has 100 valence electrons. The second-order valence-electron chi connectivity index (χ2n) is 4.75. The Morgan fingerprint density at radius 1 is 1.21 bits per heavy atom. The summed E-state index contributed by atoms with van der Waals surface area (Å²) in [5.74, 6) is 0.